The van der Waals surface area contributed by atoms with E-state index in [1.807, 2.05) is 0 Å². The molecule has 98 valence electrons. The highest BCUT2D eigenvalue weighted by atomic mass is 32.2. The number of hydrogen-bond donors (Lipinski definition) is 2. The zero-order chi connectivity index (χ0) is 13.4. The van der Waals surface area contributed by atoms with Crippen molar-refractivity contribution in [2.45, 2.75) is 10.9 Å². The van der Waals surface area contributed by atoms with Gasteiger partial charge >= 0.3 is 0 Å². The summed E-state index contributed by atoms with van der Waals surface area (Å²) in [6, 6.07) is 0.232. The van der Waals surface area contributed by atoms with Crippen LogP contribution in [-0.4, -0.2) is 33.6 Å². The van der Waals surface area contributed by atoms with Gasteiger partial charge < -0.3 is 4.98 Å². The van der Waals surface area contributed by atoms with Gasteiger partial charge in [-0.2, -0.15) is 0 Å². The molecule has 1 atom stereocenters. The molecule has 2 N–H and O–H groups in total. The van der Waals surface area contributed by atoms with Gasteiger partial charge in [-0.25, -0.2) is 21.6 Å². The maximum Gasteiger partial charge on any atom is 0.246 e. The lowest BCUT2D eigenvalue weighted by atomic mass is 10.4. The molecule has 1 aliphatic rings. The fourth-order valence-corrected chi connectivity index (χ4v) is 4.11. The maximum atomic E-state index is 11.9. The van der Waals surface area contributed by atoms with E-state index in [2.05, 4.69) is 9.71 Å². The molecular formula is C9H10N2O5S2. The summed E-state index contributed by atoms with van der Waals surface area (Å²) in [5, 5.41) is 0.954. The standard InChI is InChI=1S/C9H10N2O5S2/c12-8-1-3-10-5-9(8)18(15,16)11-7-2-4-17(13,14)6-7/h1-5,7,11H,6H2,(H,10,12). The number of aromatic amines is 1. The second-order valence-electron chi connectivity index (χ2n) is 3.76. The molecule has 0 bridgehead atoms. The molecule has 1 aliphatic heterocycles. The zero-order valence-corrected chi connectivity index (χ0v) is 10.7. The fourth-order valence-electron chi connectivity index (χ4n) is 1.52. The van der Waals surface area contributed by atoms with Crippen LogP contribution in [0, 0.1) is 0 Å². The maximum absolute atomic E-state index is 11.9. The Bertz CT molecular complexity index is 745. The van der Waals surface area contributed by atoms with E-state index in [4.69, 9.17) is 0 Å². The Morgan fingerprint density at radius 3 is 2.67 bits per heavy atom. The van der Waals surface area contributed by atoms with Crippen molar-refractivity contribution in [3.8, 4) is 0 Å². The Balaban J connectivity index is 2.28. The minimum absolute atomic E-state index is 0.336. The molecular weight excluding hydrogens is 280 g/mol. The second kappa shape index (κ2) is 4.34. The van der Waals surface area contributed by atoms with E-state index in [0.717, 1.165) is 17.7 Å². The number of hydrogen-bond acceptors (Lipinski definition) is 5. The van der Waals surface area contributed by atoms with E-state index < -0.39 is 36.2 Å². The van der Waals surface area contributed by atoms with Crippen molar-refractivity contribution in [3.63, 3.8) is 0 Å². The minimum Gasteiger partial charge on any atom is -0.366 e. The van der Waals surface area contributed by atoms with Crippen LogP contribution in [0.3, 0.4) is 0 Å². The summed E-state index contributed by atoms with van der Waals surface area (Å²) in [5.74, 6) is -0.336. The highest BCUT2D eigenvalue weighted by molar-refractivity contribution is 7.94. The van der Waals surface area contributed by atoms with Gasteiger partial charge in [-0.1, -0.05) is 6.08 Å². The van der Waals surface area contributed by atoms with Crippen molar-refractivity contribution in [1.29, 1.82) is 0 Å². The van der Waals surface area contributed by atoms with Gasteiger partial charge in [0.05, 0.1) is 11.8 Å². The third-order valence-electron chi connectivity index (χ3n) is 2.31. The zero-order valence-electron chi connectivity index (χ0n) is 9.03. The van der Waals surface area contributed by atoms with Gasteiger partial charge in [-0.05, 0) is 0 Å². The number of pyridine rings is 1. The van der Waals surface area contributed by atoms with Crippen molar-refractivity contribution >= 4 is 19.9 Å². The van der Waals surface area contributed by atoms with Crippen LogP contribution in [0.4, 0.5) is 0 Å². The summed E-state index contributed by atoms with van der Waals surface area (Å²) < 4.78 is 48.2. The van der Waals surface area contributed by atoms with Crippen molar-refractivity contribution in [2.24, 2.45) is 0 Å². The number of aromatic nitrogens is 1. The SMILES string of the molecule is O=c1cc[nH]cc1S(=O)(=O)NC1C=CS(=O)(=O)C1. The molecule has 0 saturated heterocycles. The quantitative estimate of drug-likeness (QED) is 0.738. The fraction of sp³-hybridized carbons (Fsp3) is 0.222. The summed E-state index contributed by atoms with van der Waals surface area (Å²) in [4.78, 5) is 13.4. The van der Waals surface area contributed by atoms with Crippen molar-refractivity contribution in [3.05, 3.63) is 40.2 Å². The molecule has 0 saturated carbocycles. The number of sulfone groups is 1. The van der Waals surface area contributed by atoms with E-state index in [1.165, 1.54) is 12.3 Å². The van der Waals surface area contributed by atoms with Crippen LogP contribution in [0.25, 0.3) is 0 Å². The van der Waals surface area contributed by atoms with Crippen LogP contribution >= 0.6 is 0 Å². The predicted molar refractivity (Wildman–Crippen MR) is 64.1 cm³/mol. The second-order valence-corrected chi connectivity index (χ2v) is 7.37. The monoisotopic (exact) mass is 290 g/mol. The van der Waals surface area contributed by atoms with Crippen molar-refractivity contribution in [2.75, 3.05) is 5.75 Å². The van der Waals surface area contributed by atoms with Gasteiger partial charge in [0.15, 0.2) is 9.84 Å². The van der Waals surface area contributed by atoms with Crippen molar-refractivity contribution < 1.29 is 16.8 Å². The Morgan fingerprint density at radius 2 is 2.11 bits per heavy atom. The molecule has 2 heterocycles. The topological polar surface area (TPSA) is 113 Å². The molecule has 9 heteroatoms. The van der Waals surface area contributed by atoms with Gasteiger partial charge in [0.25, 0.3) is 0 Å². The Kier molecular flexibility index (Phi) is 3.13. The summed E-state index contributed by atoms with van der Waals surface area (Å²) >= 11 is 0. The van der Waals surface area contributed by atoms with Crippen LogP contribution in [-0.2, 0) is 19.9 Å². The van der Waals surface area contributed by atoms with E-state index >= 15 is 0 Å². The van der Waals surface area contributed by atoms with Crippen LogP contribution in [0.5, 0.6) is 0 Å². The third kappa shape index (κ3) is 2.68. The van der Waals surface area contributed by atoms with Crippen molar-refractivity contribution in [1.82, 2.24) is 9.71 Å². The summed E-state index contributed by atoms with van der Waals surface area (Å²) in [6.45, 7) is 0. The molecule has 0 spiro atoms. The molecule has 0 aliphatic carbocycles. The van der Waals surface area contributed by atoms with Crippen LogP contribution in [0.15, 0.2) is 39.6 Å². The smallest absolute Gasteiger partial charge is 0.246 e. The molecule has 18 heavy (non-hydrogen) atoms. The third-order valence-corrected chi connectivity index (χ3v) is 5.22. The Labute approximate surface area is 104 Å². The Hall–Kier alpha value is -1.45. The number of rotatable bonds is 3. The average molecular weight is 290 g/mol. The average Bonchev–Trinajstić information content (AvgIpc) is 2.57. The van der Waals surface area contributed by atoms with Gasteiger partial charge in [-0.3, -0.25) is 4.79 Å². The molecule has 7 nitrogen and oxygen atoms in total. The number of H-pyrrole nitrogens is 1. The first-order chi connectivity index (χ1) is 8.30. The molecule has 0 aromatic carbocycles. The Morgan fingerprint density at radius 1 is 1.39 bits per heavy atom. The number of sulfonamides is 1. The lowest BCUT2D eigenvalue weighted by Crippen LogP contribution is -2.37. The molecule has 1 aromatic rings. The first-order valence-corrected chi connectivity index (χ1v) is 8.10. The largest absolute Gasteiger partial charge is 0.366 e. The minimum atomic E-state index is -4.03. The van der Waals surface area contributed by atoms with Crippen LogP contribution in [0.1, 0.15) is 0 Å². The highest BCUT2D eigenvalue weighted by Crippen LogP contribution is 2.11. The van der Waals surface area contributed by atoms with Gasteiger partial charge in [0, 0.05) is 23.9 Å². The van der Waals surface area contributed by atoms with Crippen LogP contribution in [0.2, 0.25) is 0 Å². The van der Waals surface area contributed by atoms with E-state index in [0.29, 0.717) is 0 Å². The van der Waals surface area contributed by atoms with Gasteiger partial charge in [0.1, 0.15) is 4.90 Å². The summed E-state index contributed by atoms with van der Waals surface area (Å²) in [7, 11) is -7.39. The van der Waals surface area contributed by atoms with Crippen LogP contribution < -0.4 is 10.2 Å². The van der Waals surface area contributed by atoms with E-state index in [1.54, 1.807) is 0 Å². The molecule has 1 aromatic heterocycles. The first kappa shape index (κ1) is 13.0. The molecule has 0 fully saturated rings. The van der Waals surface area contributed by atoms with E-state index in [-0.39, 0.29) is 5.75 Å². The summed E-state index contributed by atoms with van der Waals surface area (Å²) in [6.07, 6.45) is 3.60. The summed E-state index contributed by atoms with van der Waals surface area (Å²) in [5.41, 5.74) is -0.661. The highest BCUT2D eigenvalue weighted by Gasteiger charge is 2.27. The lowest BCUT2D eigenvalue weighted by molar-refractivity contribution is 0.573. The molecule has 0 amide bonds. The normalized spacial score (nSPS) is 22.1. The van der Waals surface area contributed by atoms with Gasteiger partial charge in [0.2, 0.25) is 15.5 Å². The predicted octanol–water partition coefficient (Wildman–Crippen LogP) is -1.04. The lowest BCUT2D eigenvalue weighted by Gasteiger charge is -2.09. The van der Waals surface area contributed by atoms with Gasteiger partial charge in [-0.15, -0.1) is 0 Å². The van der Waals surface area contributed by atoms with E-state index in [9.17, 15) is 21.6 Å². The molecule has 0 radical (unpaired) electrons. The number of nitrogens with one attached hydrogen (secondary N) is 2. The first-order valence-electron chi connectivity index (χ1n) is 4.91. The molecule has 2 rings (SSSR count). The molecule has 1 unspecified atom stereocenters.